The van der Waals surface area contributed by atoms with Crippen molar-refractivity contribution in [2.24, 2.45) is 11.7 Å². The van der Waals surface area contributed by atoms with Crippen molar-refractivity contribution >= 4 is 29.1 Å². The number of ether oxygens (including phenoxy) is 1. The zero-order valence-corrected chi connectivity index (χ0v) is 15.7. The summed E-state index contributed by atoms with van der Waals surface area (Å²) in [4.78, 5) is 24.9. The monoisotopic (exact) mass is 388 g/mol. The van der Waals surface area contributed by atoms with E-state index in [9.17, 15) is 9.59 Å². The SMILES string of the molecule is NC(=O)C1CC[NH+](CC(=O)Nc2cc(Cl)ccc2Oc2ccccc2)CC1. The minimum Gasteiger partial charge on any atom is -0.455 e. The molecule has 0 unspecified atom stereocenters. The highest BCUT2D eigenvalue weighted by molar-refractivity contribution is 6.31. The quantitative estimate of drug-likeness (QED) is 0.706. The molecule has 3 rings (SSSR count). The van der Waals surface area contributed by atoms with Gasteiger partial charge in [0, 0.05) is 23.8 Å². The third kappa shape index (κ3) is 5.45. The second kappa shape index (κ2) is 8.88. The number of carbonyl (C=O) groups excluding carboxylic acids is 2. The maximum Gasteiger partial charge on any atom is 0.279 e. The molecule has 2 aromatic rings. The Morgan fingerprint density at radius 1 is 1.15 bits per heavy atom. The number of hydrogen-bond acceptors (Lipinski definition) is 3. The summed E-state index contributed by atoms with van der Waals surface area (Å²) in [6, 6.07) is 14.5. The Morgan fingerprint density at radius 3 is 2.52 bits per heavy atom. The molecule has 7 heteroatoms. The van der Waals surface area contributed by atoms with Crippen LogP contribution in [0.1, 0.15) is 12.8 Å². The molecule has 0 aromatic heterocycles. The number of hydrogen-bond donors (Lipinski definition) is 3. The molecule has 0 spiro atoms. The van der Waals surface area contributed by atoms with E-state index in [0.29, 0.717) is 28.8 Å². The first-order valence-electron chi connectivity index (χ1n) is 8.96. The molecule has 4 N–H and O–H groups in total. The first-order valence-corrected chi connectivity index (χ1v) is 9.34. The van der Waals surface area contributed by atoms with Crippen molar-refractivity contribution < 1.29 is 19.2 Å². The van der Waals surface area contributed by atoms with Crippen molar-refractivity contribution in [2.75, 3.05) is 25.0 Å². The van der Waals surface area contributed by atoms with Gasteiger partial charge in [-0.2, -0.15) is 0 Å². The number of anilines is 1. The number of para-hydroxylation sites is 1. The number of piperidine rings is 1. The van der Waals surface area contributed by atoms with E-state index in [-0.39, 0.29) is 17.7 Å². The van der Waals surface area contributed by atoms with E-state index in [1.54, 1.807) is 18.2 Å². The number of halogens is 1. The van der Waals surface area contributed by atoms with E-state index in [2.05, 4.69) is 5.32 Å². The summed E-state index contributed by atoms with van der Waals surface area (Å²) in [6.07, 6.45) is 1.44. The van der Waals surface area contributed by atoms with E-state index >= 15 is 0 Å². The van der Waals surface area contributed by atoms with Gasteiger partial charge in [0.2, 0.25) is 5.91 Å². The largest absolute Gasteiger partial charge is 0.455 e. The summed E-state index contributed by atoms with van der Waals surface area (Å²) < 4.78 is 5.86. The number of carbonyl (C=O) groups is 2. The number of benzene rings is 2. The van der Waals surface area contributed by atoms with Crippen molar-refractivity contribution in [3.63, 3.8) is 0 Å². The van der Waals surface area contributed by atoms with E-state index < -0.39 is 0 Å². The van der Waals surface area contributed by atoms with Gasteiger partial charge in [0.05, 0.1) is 18.8 Å². The lowest BCUT2D eigenvalue weighted by molar-refractivity contribution is -0.897. The Bertz CT molecular complexity index is 805. The standard InChI is InChI=1S/C20H22ClN3O3/c21-15-6-7-18(27-16-4-2-1-3-5-16)17(12-15)23-19(25)13-24-10-8-14(9-11-24)20(22)26/h1-7,12,14H,8-11,13H2,(H2,22,26)(H,23,25)/p+1. The first-order chi connectivity index (χ1) is 13.0. The predicted octanol–water partition coefficient (Wildman–Crippen LogP) is 1.85. The van der Waals surface area contributed by atoms with Gasteiger partial charge in [-0.1, -0.05) is 29.8 Å². The topological polar surface area (TPSA) is 85.9 Å². The molecule has 0 bridgehead atoms. The molecule has 1 fully saturated rings. The van der Waals surface area contributed by atoms with Crippen LogP contribution in [0, 0.1) is 5.92 Å². The van der Waals surface area contributed by atoms with Gasteiger partial charge < -0.3 is 20.7 Å². The highest BCUT2D eigenvalue weighted by Gasteiger charge is 2.27. The van der Waals surface area contributed by atoms with Crippen molar-refractivity contribution in [3.8, 4) is 11.5 Å². The van der Waals surface area contributed by atoms with Gasteiger partial charge in [-0.3, -0.25) is 9.59 Å². The fraction of sp³-hybridized carbons (Fsp3) is 0.300. The lowest BCUT2D eigenvalue weighted by atomic mass is 9.96. The van der Waals surface area contributed by atoms with E-state index in [1.807, 2.05) is 30.3 Å². The highest BCUT2D eigenvalue weighted by atomic mass is 35.5. The molecule has 142 valence electrons. The van der Waals surface area contributed by atoms with Crippen LogP contribution in [0.4, 0.5) is 5.69 Å². The summed E-state index contributed by atoms with van der Waals surface area (Å²) in [7, 11) is 0. The van der Waals surface area contributed by atoms with Crippen LogP contribution in [0.5, 0.6) is 11.5 Å². The Balaban J connectivity index is 1.62. The lowest BCUT2D eigenvalue weighted by Crippen LogP contribution is -3.14. The van der Waals surface area contributed by atoms with Crippen molar-refractivity contribution in [3.05, 3.63) is 53.6 Å². The number of nitrogens with two attached hydrogens (primary N) is 1. The third-order valence-corrected chi connectivity index (χ3v) is 4.93. The smallest absolute Gasteiger partial charge is 0.279 e. The van der Waals surface area contributed by atoms with Crippen LogP contribution >= 0.6 is 11.6 Å². The van der Waals surface area contributed by atoms with Crippen LogP contribution in [0.25, 0.3) is 0 Å². The maximum atomic E-state index is 12.5. The minimum absolute atomic E-state index is 0.0735. The zero-order valence-electron chi connectivity index (χ0n) is 14.9. The molecule has 6 nitrogen and oxygen atoms in total. The van der Waals surface area contributed by atoms with Gasteiger partial charge in [0.15, 0.2) is 12.3 Å². The molecule has 0 radical (unpaired) electrons. The summed E-state index contributed by atoms with van der Waals surface area (Å²) in [5, 5.41) is 3.41. The number of likely N-dealkylation sites (tertiary alicyclic amines) is 1. The summed E-state index contributed by atoms with van der Waals surface area (Å²) >= 11 is 6.08. The second-order valence-electron chi connectivity index (χ2n) is 6.71. The fourth-order valence-corrected chi connectivity index (χ4v) is 3.39. The third-order valence-electron chi connectivity index (χ3n) is 4.69. The molecule has 1 aliphatic rings. The molecule has 1 aliphatic heterocycles. The first kappa shape index (κ1) is 19.2. The number of primary amides is 1. The number of rotatable bonds is 6. The zero-order chi connectivity index (χ0) is 19.2. The molecule has 2 amide bonds. The number of amides is 2. The molecule has 0 saturated carbocycles. The molecular weight excluding hydrogens is 366 g/mol. The summed E-state index contributed by atoms with van der Waals surface area (Å²) in [6.45, 7) is 1.83. The van der Waals surface area contributed by atoms with Gasteiger partial charge >= 0.3 is 0 Å². The van der Waals surface area contributed by atoms with Gasteiger partial charge in [-0.15, -0.1) is 0 Å². The highest BCUT2D eigenvalue weighted by Crippen LogP contribution is 2.31. The second-order valence-corrected chi connectivity index (χ2v) is 7.14. The summed E-state index contributed by atoms with van der Waals surface area (Å²) in [5.74, 6) is 0.759. The van der Waals surface area contributed by atoms with E-state index in [0.717, 1.165) is 30.8 Å². The van der Waals surface area contributed by atoms with Crippen LogP contribution in [0.3, 0.4) is 0 Å². The average molecular weight is 389 g/mol. The van der Waals surface area contributed by atoms with Gasteiger partial charge in [-0.25, -0.2) is 0 Å². The summed E-state index contributed by atoms with van der Waals surface area (Å²) in [5.41, 5.74) is 5.89. The van der Waals surface area contributed by atoms with Crippen molar-refractivity contribution in [1.29, 1.82) is 0 Å². The lowest BCUT2D eigenvalue weighted by Gasteiger charge is -2.27. The Morgan fingerprint density at radius 2 is 1.85 bits per heavy atom. The van der Waals surface area contributed by atoms with Gasteiger partial charge in [0.25, 0.3) is 5.91 Å². The maximum absolute atomic E-state index is 12.5. The fourth-order valence-electron chi connectivity index (χ4n) is 3.21. The van der Waals surface area contributed by atoms with Crippen molar-refractivity contribution in [2.45, 2.75) is 12.8 Å². The number of quaternary nitrogens is 1. The van der Waals surface area contributed by atoms with E-state index in [4.69, 9.17) is 22.1 Å². The minimum atomic E-state index is -0.250. The Hall–Kier alpha value is -2.57. The van der Waals surface area contributed by atoms with Crippen LogP contribution in [-0.2, 0) is 9.59 Å². The normalized spacial score (nSPS) is 19.3. The molecule has 2 aromatic carbocycles. The Kier molecular flexibility index (Phi) is 6.32. The van der Waals surface area contributed by atoms with E-state index in [1.165, 1.54) is 0 Å². The van der Waals surface area contributed by atoms with Crippen molar-refractivity contribution in [1.82, 2.24) is 0 Å². The number of nitrogens with one attached hydrogen (secondary N) is 2. The van der Waals surface area contributed by atoms with Crippen LogP contribution in [-0.4, -0.2) is 31.4 Å². The average Bonchev–Trinajstić information content (AvgIpc) is 2.65. The molecular formula is C20H23ClN3O3+. The van der Waals surface area contributed by atoms with Crippen LogP contribution in [0.15, 0.2) is 48.5 Å². The molecule has 1 heterocycles. The van der Waals surface area contributed by atoms with Crippen LogP contribution < -0.4 is 20.7 Å². The molecule has 0 atom stereocenters. The van der Waals surface area contributed by atoms with Crippen LogP contribution in [0.2, 0.25) is 5.02 Å². The Labute approximate surface area is 163 Å². The predicted molar refractivity (Wildman–Crippen MR) is 104 cm³/mol. The molecule has 27 heavy (non-hydrogen) atoms. The molecule has 1 saturated heterocycles. The van der Waals surface area contributed by atoms with Gasteiger partial charge in [-0.05, 0) is 30.3 Å². The molecule has 0 aliphatic carbocycles. The van der Waals surface area contributed by atoms with Gasteiger partial charge in [0.1, 0.15) is 5.75 Å².